The number of nitrogens with zero attached hydrogens (tertiary/aromatic N) is 3. The molecule has 0 unspecified atom stereocenters. The summed E-state index contributed by atoms with van der Waals surface area (Å²) in [5, 5.41) is 0.274. The molecule has 118 valence electrons. The first-order valence-electron chi connectivity index (χ1n) is 7.07. The Labute approximate surface area is 141 Å². The van der Waals surface area contributed by atoms with E-state index in [1.165, 1.54) is 6.07 Å². The maximum Gasteiger partial charge on any atom is 0.220 e. The molecule has 22 heavy (non-hydrogen) atoms. The fourth-order valence-electron chi connectivity index (χ4n) is 3.17. The van der Waals surface area contributed by atoms with Crippen molar-refractivity contribution < 1.29 is 4.39 Å². The van der Waals surface area contributed by atoms with Crippen LogP contribution in [0.3, 0.4) is 0 Å². The minimum Gasteiger partial charge on any atom is -0.369 e. The van der Waals surface area contributed by atoms with Crippen molar-refractivity contribution in [1.29, 1.82) is 0 Å². The van der Waals surface area contributed by atoms with Gasteiger partial charge in [-0.25, -0.2) is 9.38 Å². The Morgan fingerprint density at radius 3 is 2.55 bits per heavy atom. The maximum absolute atomic E-state index is 14.1. The highest BCUT2D eigenvalue weighted by molar-refractivity contribution is 9.10. The predicted molar refractivity (Wildman–Crippen MR) is 90.6 cm³/mol. The molecule has 8 heteroatoms. The molecule has 0 aromatic heterocycles. The molecular formula is C14H16BrClFN5. The van der Waals surface area contributed by atoms with Gasteiger partial charge in [-0.2, -0.15) is 4.99 Å². The Balaban J connectivity index is 2.12. The molecule has 1 heterocycles. The lowest BCUT2D eigenvalue weighted by molar-refractivity contribution is 0.305. The average Bonchev–Trinajstić information content (AvgIpc) is 2.44. The van der Waals surface area contributed by atoms with E-state index in [1.54, 1.807) is 11.0 Å². The minimum atomic E-state index is -0.599. The number of hydrogen-bond donors (Lipinski definition) is 2. The normalized spacial score (nSPS) is 20.8. The maximum atomic E-state index is 14.1. The van der Waals surface area contributed by atoms with Crippen LogP contribution in [0.5, 0.6) is 0 Å². The van der Waals surface area contributed by atoms with Crippen molar-refractivity contribution in [3.8, 4) is 0 Å². The minimum absolute atomic E-state index is 0.166. The van der Waals surface area contributed by atoms with Crippen LogP contribution in [0.4, 0.5) is 10.1 Å². The largest absolute Gasteiger partial charge is 0.369 e. The van der Waals surface area contributed by atoms with Gasteiger partial charge in [0.15, 0.2) is 0 Å². The highest BCUT2D eigenvalue weighted by Gasteiger charge is 2.42. The van der Waals surface area contributed by atoms with Gasteiger partial charge in [0, 0.05) is 0 Å². The van der Waals surface area contributed by atoms with Gasteiger partial charge in [0.25, 0.3) is 0 Å². The Kier molecular flexibility index (Phi) is 4.03. The third-order valence-corrected chi connectivity index (χ3v) is 5.41. The smallest absolute Gasteiger partial charge is 0.220 e. The SMILES string of the molecule is NC1=NC2(CCCCC2)N(c2cc(F)c(Br)c(Cl)c2)C(N)=N1. The Bertz CT molecular complexity index is 646. The van der Waals surface area contributed by atoms with Gasteiger partial charge < -0.3 is 11.5 Å². The second-order valence-corrected chi connectivity index (χ2v) is 6.74. The third-order valence-electron chi connectivity index (χ3n) is 4.08. The van der Waals surface area contributed by atoms with E-state index < -0.39 is 11.5 Å². The molecule has 1 aliphatic heterocycles. The molecule has 0 saturated heterocycles. The molecule has 0 amide bonds. The summed E-state index contributed by atoms with van der Waals surface area (Å²) in [6.07, 6.45) is 4.73. The standard InChI is InChI=1S/C14H16BrClFN5/c15-11-9(16)6-8(7-10(11)17)22-13(19)20-12(18)21-14(22)4-2-1-3-5-14/h6-7H,1-5H2,(H4,18,19,20,21). The van der Waals surface area contributed by atoms with Crippen LogP contribution in [0.15, 0.2) is 26.6 Å². The molecule has 5 nitrogen and oxygen atoms in total. The van der Waals surface area contributed by atoms with E-state index in [9.17, 15) is 4.39 Å². The van der Waals surface area contributed by atoms with E-state index in [0.29, 0.717) is 5.69 Å². The Morgan fingerprint density at radius 2 is 1.91 bits per heavy atom. The average molecular weight is 389 g/mol. The van der Waals surface area contributed by atoms with Gasteiger partial charge >= 0.3 is 0 Å². The van der Waals surface area contributed by atoms with Gasteiger partial charge in [-0.3, -0.25) is 4.90 Å². The van der Waals surface area contributed by atoms with Gasteiger partial charge in [-0.05, 0) is 53.7 Å². The number of anilines is 1. The number of halogens is 3. The molecule has 1 fully saturated rings. The van der Waals surface area contributed by atoms with E-state index in [0.717, 1.165) is 32.1 Å². The molecule has 0 atom stereocenters. The molecule has 0 bridgehead atoms. The van der Waals surface area contributed by atoms with Crippen molar-refractivity contribution in [3.63, 3.8) is 0 Å². The van der Waals surface area contributed by atoms with Crippen LogP contribution in [0.1, 0.15) is 32.1 Å². The highest BCUT2D eigenvalue weighted by atomic mass is 79.9. The highest BCUT2D eigenvalue weighted by Crippen LogP contribution is 2.41. The molecule has 0 radical (unpaired) electrons. The van der Waals surface area contributed by atoms with Crippen LogP contribution in [0.25, 0.3) is 0 Å². The summed E-state index contributed by atoms with van der Waals surface area (Å²) in [6.45, 7) is 0. The van der Waals surface area contributed by atoms with Crippen molar-refractivity contribution in [2.75, 3.05) is 4.90 Å². The monoisotopic (exact) mass is 387 g/mol. The molecule has 1 aromatic rings. The number of rotatable bonds is 1. The van der Waals surface area contributed by atoms with Crippen LogP contribution < -0.4 is 16.4 Å². The fraction of sp³-hybridized carbons (Fsp3) is 0.429. The fourth-order valence-corrected chi connectivity index (χ4v) is 3.60. The zero-order chi connectivity index (χ0) is 15.9. The van der Waals surface area contributed by atoms with Crippen LogP contribution >= 0.6 is 27.5 Å². The summed E-state index contributed by atoms with van der Waals surface area (Å²) < 4.78 is 14.3. The lowest BCUT2D eigenvalue weighted by Gasteiger charge is -2.45. The molecule has 3 rings (SSSR count). The lowest BCUT2D eigenvalue weighted by atomic mass is 9.87. The van der Waals surface area contributed by atoms with Crippen molar-refractivity contribution in [3.05, 3.63) is 27.4 Å². The van der Waals surface area contributed by atoms with E-state index in [-0.39, 0.29) is 21.4 Å². The first kappa shape index (κ1) is 15.6. The zero-order valence-corrected chi connectivity index (χ0v) is 14.2. The van der Waals surface area contributed by atoms with Crippen LogP contribution in [-0.4, -0.2) is 17.6 Å². The summed E-state index contributed by atoms with van der Waals surface area (Å²) in [4.78, 5) is 10.3. The first-order chi connectivity index (χ1) is 10.4. The van der Waals surface area contributed by atoms with Gasteiger partial charge in [0.05, 0.1) is 15.2 Å². The van der Waals surface area contributed by atoms with Crippen molar-refractivity contribution in [2.24, 2.45) is 21.5 Å². The zero-order valence-electron chi connectivity index (χ0n) is 11.8. The van der Waals surface area contributed by atoms with Gasteiger partial charge in [0.2, 0.25) is 11.9 Å². The summed E-state index contributed by atoms with van der Waals surface area (Å²) in [6, 6.07) is 3.04. The number of nitrogens with two attached hydrogens (primary N) is 2. The summed E-state index contributed by atoms with van der Waals surface area (Å²) in [7, 11) is 0. The van der Waals surface area contributed by atoms with E-state index in [4.69, 9.17) is 23.1 Å². The topological polar surface area (TPSA) is 80.0 Å². The summed E-state index contributed by atoms with van der Waals surface area (Å²) in [5.74, 6) is -0.0738. The summed E-state index contributed by atoms with van der Waals surface area (Å²) in [5.41, 5.74) is 11.8. The van der Waals surface area contributed by atoms with Crippen LogP contribution in [0, 0.1) is 5.82 Å². The van der Waals surface area contributed by atoms with E-state index in [2.05, 4.69) is 25.9 Å². The van der Waals surface area contributed by atoms with Gasteiger partial charge in [-0.1, -0.05) is 18.0 Å². The predicted octanol–water partition coefficient (Wildman–Crippen LogP) is 3.35. The molecule has 1 aliphatic carbocycles. The lowest BCUT2D eigenvalue weighted by Crippen LogP contribution is -2.58. The summed E-state index contributed by atoms with van der Waals surface area (Å²) >= 11 is 9.20. The van der Waals surface area contributed by atoms with Crippen molar-refractivity contribution >= 4 is 45.1 Å². The van der Waals surface area contributed by atoms with E-state index in [1.807, 2.05) is 0 Å². The van der Waals surface area contributed by atoms with Crippen molar-refractivity contribution in [2.45, 2.75) is 37.8 Å². The molecule has 2 aliphatic rings. The molecule has 1 aromatic carbocycles. The number of guanidine groups is 2. The number of hydrogen-bond acceptors (Lipinski definition) is 5. The Morgan fingerprint density at radius 1 is 1.23 bits per heavy atom. The molecule has 1 saturated carbocycles. The third kappa shape index (κ3) is 2.56. The quantitative estimate of drug-likeness (QED) is 0.724. The second-order valence-electron chi connectivity index (χ2n) is 5.54. The number of aliphatic imine (C=N–C) groups is 2. The van der Waals surface area contributed by atoms with Crippen LogP contribution in [-0.2, 0) is 0 Å². The second kappa shape index (κ2) is 5.70. The first-order valence-corrected chi connectivity index (χ1v) is 8.24. The van der Waals surface area contributed by atoms with Crippen molar-refractivity contribution in [1.82, 2.24) is 0 Å². The van der Waals surface area contributed by atoms with Gasteiger partial charge in [-0.15, -0.1) is 0 Å². The molecule has 1 spiro atoms. The molecule has 4 N–H and O–H groups in total. The van der Waals surface area contributed by atoms with E-state index >= 15 is 0 Å². The Hall–Kier alpha value is -1.34. The molecular weight excluding hydrogens is 373 g/mol. The number of benzene rings is 1. The van der Waals surface area contributed by atoms with Crippen LogP contribution in [0.2, 0.25) is 5.02 Å². The van der Waals surface area contributed by atoms with Gasteiger partial charge in [0.1, 0.15) is 11.5 Å².